The van der Waals surface area contributed by atoms with Crippen LogP contribution in [0.15, 0.2) is 77.7 Å². The quantitative estimate of drug-likeness (QED) is 0.552. The number of carbonyl (C=O) groups is 2. The second-order valence-electron chi connectivity index (χ2n) is 9.36. The lowest BCUT2D eigenvalue weighted by molar-refractivity contribution is -0.115. The van der Waals surface area contributed by atoms with E-state index in [4.69, 9.17) is 0 Å². The predicted octanol–water partition coefficient (Wildman–Crippen LogP) is 3.26. The van der Waals surface area contributed by atoms with Crippen molar-refractivity contribution in [2.24, 2.45) is 0 Å². The van der Waals surface area contributed by atoms with Gasteiger partial charge in [-0.2, -0.15) is 0 Å². The molecule has 3 heterocycles. The number of sulfone groups is 1. The summed E-state index contributed by atoms with van der Waals surface area (Å²) in [4.78, 5) is 31.6. The fraction of sp³-hybridized carbons (Fsp3) is 0.259. The Morgan fingerprint density at radius 2 is 1.50 bits per heavy atom. The van der Waals surface area contributed by atoms with Crippen LogP contribution in [0.3, 0.4) is 0 Å². The minimum atomic E-state index is -3.47. The highest BCUT2D eigenvalue weighted by Crippen LogP contribution is 2.40. The lowest BCUT2D eigenvalue weighted by atomic mass is 9.93. The number of rotatable bonds is 1. The molecule has 0 aromatic heterocycles. The summed E-state index contributed by atoms with van der Waals surface area (Å²) in [5.74, 6) is -0.237. The molecule has 1 atom stereocenters. The standard InChI is InChI=1S/C27H26N4O4S/c32-25-17-31(23-11-5-4-10-22(23)28-25)27(33)30-15-13-29(14-16-30)26-20-8-2-1-7-19(20)18-36(34,35)24-12-6-3-9-21(24)26/h1-12,26H,13-18H2,(H,28,32). The van der Waals surface area contributed by atoms with Crippen molar-refractivity contribution in [3.05, 3.63) is 89.5 Å². The van der Waals surface area contributed by atoms with Gasteiger partial charge in [-0.15, -0.1) is 0 Å². The molecule has 0 saturated carbocycles. The molecule has 1 fully saturated rings. The van der Waals surface area contributed by atoms with E-state index in [1.165, 1.54) is 4.90 Å². The van der Waals surface area contributed by atoms with Gasteiger partial charge in [0, 0.05) is 26.2 Å². The minimum Gasteiger partial charge on any atom is -0.323 e. The zero-order valence-electron chi connectivity index (χ0n) is 19.6. The molecule has 1 unspecified atom stereocenters. The van der Waals surface area contributed by atoms with Crippen LogP contribution in [0.4, 0.5) is 16.2 Å². The van der Waals surface area contributed by atoms with Crippen LogP contribution in [0.1, 0.15) is 22.7 Å². The Kier molecular flexibility index (Phi) is 5.54. The molecule has 3 aliphatic rings. The van der Waals surface area contributed by atoms with Crippen molar-refractivity contribution in [2.45, 2.75) is 16.7 Å². The van der Waals surface area contributed by atoms with Crippen LogP contribution in [0, 0.1) is 0 Å². The summed E-state index contributed by atoms with van der Waals surface area (Å²) in [7, 11) is -3.47. The van der Waals surface area contributed by atoms with Gasteiger partial charge < -0.3 is 10.2 Å². The summed E-state index contributed by atoms with van der Waals surface area (Å²) in [6, 6.07) is 21.9. The first-order valence-electron chi connectivity index (χ1n) is 12.0. The van der Waals surface area contributed by atoms with Crippen molar-refractivity contribution in [1.29, 1.82) is 0 Å². The van der Waals surface area contributed by atoms with E-state index in [-0.39, 0.29) is 30.3 Å². The zero-order valence-corrected chi connectivity index (χ0v) is 20.4. The SMILES string of the molecule is O=C1CN(C(=O)N2CCN(C3c4ccccc4CS(=O)(=O)c4ccccc43)CC2)c2ccccc2N1. The van der Waals surface area contributed by atoms with Gasteiger partial charge in [-0.3, -0.25) is 14.6 Å². The van der Waals surface area contributed by atoms with E-state index < -0.39 is 9.84 Å². The first kappa shape index (κ1) is 22.8. The first-order valence-corrected chi connectivity index (χ1v) is 13.7. The molecule has 6 rings (SSSR count). The van der Waals surface area contributed by atoms with Crippen LogP contribution in [-0.2, 0) is 20.4 Å². The molecule has 1 N–H and O–H groups in total. The summed E-state index contributed by atoms with van der Waals surface area (Å²) >= 11 is 0. The van der Waals surface area contributed by atoms with Gasteiger partial charge in [-0.05, 0) is 34.9 Å². The van der Waals surface area contributed by atoms with Gasteiger partial charge in [0.2, 0.25) is 5.91 Å². The molecule has 184 valence electrons. The average molecular weight is 503 g/mol. The molecule has 0 aliphatic carbocycles. The van der Waals surface area contributed by atoms with Gasteiger partial charge in [0.05, 0.1) is 28.1 Å². The van der Waals surface area contributed by atoms with Crippen LogP contribution in [0.25, 0.3) is 0 Å². The number of nitrogens with zero attached hydrogens (tertiary/aromatic N) is 3. The molecule has 3 aromatic rings. The van der Waals surface area contributed by atoms with E-state index in [1.54, 1.807) is 23.1 Å². The number of urea groups is 1. The van der Waals surface area contributed by atoms with E-state index in [0.717, 1.165) is 16.7 Å². The Bertz CT molecular complexity index is 1460. The first-order chi connectivity index (χ1) is 17.4. The van der Waals surface area contributed by atoms with E-state index in [0.29, 0.717) is 42.4 Å². The monoisotopic (exact) mass is 502 g/mol. The topological polar surface area (TPSA) is 90.0 Å². The molecule has 3 aromatic carbocycles. The van der Waals surface area contributed by atoms with E-state index in [1.807, 2.05) is 54.6 Å². The molecule has 0 bridgehead atoms. The molecule has 8 nitrogen and oxygen atoms in total. The number of anilines is 2. The fourth-order valence-corrected chi connectivity index (χ4v) is 7.16. The number of fused-ring (bicyclic) bond motifs is 3. The number of nitrogens with one attached hydrogen (secondary N) is 1. The molecular formula is C27H26N4O4S. The van der Waals surface area contributed by atoms with Crippen molar-refractivity contribution in [3.8, 4) is 0 Å². The Hall–Kier alpha value is -3.69. The molecular weight excluding hydrogens is 476 g/mol. The highest BCUT2D eigenvalue weighted by molar-refractivity contribution is 7.90. The smallest absolute Gasteiger partial charge is 0.323 e. The average Bonchev–Trinajstić information content (AvgIpc) is 2.99. The summed E-state index contributed by atoms with van der Waals surface area (Å²) < 4.78 is 26.4. The van der Waals surface area contributed by atoms with Crippen molar-refractivity contribution in [1.82, 2.24) is 9.80 Å². The third-order valence-corrected chi connectivity index (χ3v) is 8.93. The van der Waals surface area contributed by atoms with Gasteiger partial charge in [0.25, 0.3) is 0 Å². The van der Waals surface area contributed by atoms with Crippen LogP contribution >= 0.6 is 0 Å². The van der Waals surface area contributed by atoms with Gasteiger partial charge in [-0.1, -0.05) is 54.6 Å². The number of hydrogen-bond donors (Lipinski definition) is 1. The number of para-hydroxylation sites is 2. The van der Waals surface area contributed by atoms with E-state index >= 15 is 0 Å². The zero-order chi connectivity index (χ0) is 24.9. The summed E-state index contributed by atoms with van der Waals surface area (Å²) in [6.45, 7) is 2.11. The third kappa shape index (κ3) is 3.84. The lowest BCUT2D eigenvalue weighted by Crippen LogP contribution is -2.55. The van der Waals surface area contributed by atoms with Crippen molar-refractivity contribution in [2.75, 3.05) is 42.9 Å². The van der Waals surface area contributed by atoms with Crippen molar-refractivity contribution >= 4 is 33.2 Å². The fourth-order valence-electron chi connectivity index (χ4n) is 5.51. The van der Waals surface area contributed by atoms with E-state index in [9.17, 15) is 18.0 Å². The maximum atomic E-state index is 13.5. The largest absolute Gasteiger partial charge is 0.325 e. The minimum absolute atomic E-state index is 0.0166. The Balaban J connectivity index is 1.28. The highest BCUT2D eigenvalue weighted by Gasteiger charge is 2.37. The predicted molar refractivity (Wildman–Crippen MR) is 137 cm³/mol. The Labute approximate surface area is 210 Å². The number of hydrogen-bond acceptors (Lipinski definition) is 5. The lowest BCUT2D eigenvalue weighted by Gasteiger charge is -2.42. The van der Waals surface area contributed by atoms with Gasteiger partial charge in [0.1, 0.15) is 6.54 Å². The van der Waals surface area contributed by atoms with E-state index in [2.05, 4.69) is 10.2 Å². The molecule has 1 saturated heterocycles. The second-order valence-corrected chi connectivity index (χ2v) is 11.3. The summed E-state index contributed by atoms with van der Waals surface area (Å²) in [5, 5.41) is 2.82. The van der Waals surface area contributed by atoms with Crippen molar-refractivity contribution in [3.63, 3.8) is 0 Å². The molecule has 0 spiro atoms. The highest BCUT2D eigenvalue weighted by atomic mass is 32.2. The van der Waals surface area contributed by atoms with Crippen LogP contribution in [0.5, 0.6) is 0 Å². The Morgan fingerprint density at radius 1 is 0.833 bits per heavy atom. The molecule has 3 aliphatic heterocycles. The number of carbonyl (C=O) groups excluding carboxylic acids is 2. The van der Waals surface area contributed by atoms with Crippen LogP contribution in [-0.4, -0.2) is 62.9 Å². The number of benzene rings is 3. The number of amides is 3. The van der Waals surface area contributed by atoms with Gasteiger partial charge in [0.15, 0.2) is 9.84 Å². The summed E-state index contributed by atoms with van der Waals surface area (Å²) in [5.41, 5.74) is 3.92. The third-order valence-electron chi connectivity index (χ3n) is 7.20. The van der Waals surface area contributed by atoms with Gasteiger partial charge >= 0.3 is 6.03 Å². The molecule has 36 heavy (non-hydrogen) atoms. The number of piperazine rings is 1. The van der Waals surface area contributed by atoms with Crippen LogP contribution < -0.4 is 10.2 Å². The second kappa shape index (κ2) is 8.76. The molecule has 0 radical (unpaired) electrons. The maximum absolute atomic E-state index is 13.5. The maximum Gasteiger partial charge on any atom is 0.325 e. The molecule has 3 amide bonds. The Morgan fingerprint density at radius 3 is 2.31 bits per heavy atom. The summed E-state index contributed by atoms with van der Waals surface area (Å²) in [6.07, 6.45) is 0. The normalized spacial score (nSPS) is 21.0. The molecule has 9 heteroatoms. The van der Waals surface area contributed by atoms with Crippen LogP contribution in [0.2, 0.25) is 0 Å². The van der Waals surface area contributed by atoms with Gasteiger partial charge in [-0.25, -0.2) is 13.2 Å². The van der Waals surface area contributed by atoms with Crippen molar-refractivity contribution < 1.29 is 18.0 Å².